The van der Waals surface area contributed by atoms with E-state index in [2.05, 4.69) is 59.4 Å². The van der Waals surface area contributed by atoms with E-state index in [9.17, 15) is 0 Å². The molecular weight excluding hydrogens is 416 g/mol. The van der Waals surface area contributed by atoms with E-state index < -0.39 is 0 Å². The first-order valence-electron chi connectivity index (χ1n) is 12.0. The molecule has 2 fully saturated rings. The van der Waals surface area contributed by atoms with Crippen molar-refractivity contribution in [2.24, 2.45) is 11.8 Å². The average molecular weight is 453 g/mol. The molecule has 1 aromatic heterocycles. The average Bonchev–Trinajstić information content (AvgIpc) is 2.80. The Morgan fingerprint density at radius 1 is 0.969 bits per heavy atom. The van der Waals surface area contributed by atoms with Gasteiger partial charge in [0.25, 0.3) is 0 Å². The molecule has 2 atom stereocenters. The molecule has 0 radical (unpaired) electrons. The largest absolute Gasteiger partial charge is 0.356 e. The predicted octanol–water partition coefficient (Wildman–Crippen LogP) is 5.00. The van der Waals surface area contributed by atoms with Gasteiger partial charge in [-0.05, 0) is 62.2 Å². The summed E-state index contributed by atoms with van der Waals surface area (Å²) in [6.07, 6.45) is 4.91. The molecule has 4 rings (SSSR count). The van der Waals surface area contributed by atoms with Crippen molar-refractivity contribution in [3.05, 3.63) is 42.0 Å². The first-order chi connectivity index (χ1) is 15.5. The van der Waals surface area contributed by atoms with E-state index in [0.29, 0.717) is 17.0 Å². The number of hydrogen-bond acceptors (Lipinski definition) is 5. The maximum absolute atomic E-state index is 5.62. The Kier molecular flexibility index (Phi) is 7.45. The fourth-order valence-corrected chi connectivity index (χ4v) is 4.86. The van der Waals surface area contributed by atoms with Crippen LogP contribution in [0.1, 0.15) is 58.1 Å². The minimum absolute atomic E-state index is 0.102. The fourth-order valence-electron chi connectivity index (χ4n) is 4.60. The molecule has 2 aromatic rings. The van der Waals surface area contributed by atoms with Crippen molar-refractivity contribution < 1.29 is 0 Å². The van der Waals surface area contributed by atoms with Crippen LogP contribution in [0.4, 0.5) is 17.6 Å². The van der Waals surface area contributed by atoms with Gasteiger partial charge < -0.3 is 20.4 Å². The third kappa shape index (κ3) is 5.88. The van der Waals surface area contributed by atoms with Crippen LogP contribution in [0, 0.1) is 11.8 Å². The van der Waals surface area contributed by atoms with Gasteiger partial charge in [-0.1, -0.05) is 44.2 Å². The second kappa shape index (κ2) is 10.5. The zero-order chi connectivity index (χ0) is 22.5. The highest BCUT2D eigenvalue weighted by Crippen LogP contribution is 2.28. The standard InChI is InChI=1S/C25H36N6S/c1-18-11-14-30(15-12-18)22-16-23(31-13-7-8-19(2)17-31)28-24(27-22)29-25(32)26-20(3)21-9-5-4-6-10-21/h4-6,9-10,16,18-20H,7-8,11-15,17H2,1-3H3,(H2,26,27,28,29,32)/t19-,20+/m0/s1. The van der Waals surface area contributed by atoms with E-state index in [4.69, 9.17) is 22.2 Å². The summed E-state index contributed by atoms with van der Waals surface area (Å²) in [6, 6.07) is 12.6. The number of rotatable bonds is 5. The lowest BCUT2D eigenvalue weighted by Crippen LogP contribution is -2.37. The lowest BCUT2D eigenvalue weighted by molar-refractivity contribution is 0.435. The van der Waals surface area contributed by atoms with Crippen molar-refractivity contribution in [1.29, 1.82) is 0 Å². The molecule has 0 spiro atoms. The van der Waals surface area contributed by atoms with E-state index in [0.717, 1.165) is 43.7 Å². The zero-order valence-electron chi connectivity index (χ0n) is 19.6. The molecule has 3 heterocycles. The summed E-state index contributed by atoms with van der Waals surface area (Å²) in [5.41, 5.74) is 1.19. The van der Waals surface area contributed by atoms with Crippen LogP contribution >= 0.6 is 12.2 Å². The minimum Gasteiger partial charge on any atom is -0.356 e. The molecular formula is C25H36N6S. The van der Waals surface area contributed by atoms with Gasteiger partial charge >= 0.3 is 0 Å². The van der Waals surface area contributed by atoms with Crippen LogP contribution < -0.4 is 20.4 Å². The quantitative estimate of drug-likeness (QED) is 0.619. The van der Waals surface area contributed by atoms with Crippen molar-refractivity contribution in [3.63, 3.8) is 0 Å². The van der Waals surface area contributed by atoms with Crippen molar-refractivity contribution in [2.75, 3.05) is 41.3 Å². The SMILES string of the molecule is CC1CCN(c2cc(N3CCC[C@H](C)C3)nc(NC(=S)N[C@H](C)c3ccccc3)n2)CC1. The molecule has 0 saturated carbocycles. The van der Waals surface area contributed by atoms with Gasteiger partial charge in [-0.15, -0.1) is 0 Å². The Hall–Kier alpha value is -2.41. The topological polar surface area (TPSA) is 56.3 Å². The third-order valence-corrected chi connectivity index (χ3v) is 6.88. The second-order valence-electron chi connectivity index (χ2n) is 9.50. The molecule has 7 heteroatoms. The molecule has 0 unspecified atom stereocenters. The Morgan fingerprint density at radius 3 is 2.34 bits per heavy atom. The molecule has 6 nitrogen and oxygen atoms in total. The Morgan fingerprint density at radius 2 is 1.66 bits per heavy atom. The smallest absolute Gasteiger partial charge is 0.232 e. The maximum atomic E-state index is 5.62. The summed E-state index contributed by atoms with van der Waals surface area (Å²) in [4.78, 5) is 14.5. The van der Waals surface area contributed by atoms with E-state index in [-0.39, 0.29) is 6.04 Å². The number of anilines is 3. The molecule has 0 aliphatic carbocycles. The molecule has 2 saturated heterocycles. The van der Waals surface area contributed by atoms with Gasteiger partial charge in [0.05, 0.1) is 6.04 Å². The van der Waals surface area contributed by atoms with Gasteiger partial charge in [0, 0.05) is 32.2 Å². The summed E-state index contributed by atoms with van der Waals surface area (Å²) >= 11 is 5.62. The number of nitrogens with one attached hydrogen (secondary N) is 2. The van der Waals surface area contributed by atoms with E-state index >= 15 is 0 Å². The third-order valence-electron chi connectivity index (χ3n) is 6.66. The van der Waals surface area contributed by atoms with Gasteiger partial charge in [-0.2, -0.15) is 9.97 Å². The number of benzene rings is 1. The van der Waals surface area contributed by atoms with Crippen LogP contribution in [-0.2, 0) is 0 Å². The first kappa shape index (κ1) is 22.8. The van der Waals surface area contributed by atoms with Crippen LogP contribution in [0.5, 0.6) is 0 Å². The first-order valence-corrected chi connectivity index (χ1v) is 12.4. The second-order valence-corrected chi connectivity index (χ2v) is 9.91. The summed E-state index contributed by atoms with van der Waals surface area (Å²) in [6.45, 7) is 10.9. The number of hydrogen-bond donors (Lipinski definition) is 2. The van der Waals surface area contributed by atoms with Crippen molar-refractivity contribution in [1.82, 2.24) is 15.3 Å². The maximum Gasteiger partial charge on any atom is 0.232 e. The molecule has 1 aromatic carbocycles. The van der Waals surface area contributed by atoms with Gasteiger partial charge in [0.15, 0.2) is 5.11 Å². The lowest BCUT2D eigenvalue weighted by atomic mass is 9.99. The summed E-state index contributed by atoms with van der Waals surface area (Å²) in [5, 5.41) is 7.18. The monoisotopic (exact) mass is 452 g/mol. The zero-order valence-corrected chi connectivity index (χ0v) is 20.4. The molecule has 32 heavy (non-hydrogen) atoms. The van der Waals surface area contributed by atoms with Gasteiger partial charge in [-0.25, -0.2) is 0 Å². The van der Waals surface area contributed by atoms with Crippen LogP contribution in [-0.4, -0.2) is 41.3 Å². The number of nitrogens with zero attached hydrogens (tertiary/aromatic N) is 4. The lowest BCUT2D eigenvalue weighted by Gasteiger charge is -2.34. The molecule has 172 valence electrons. The van der Waals surface area contributed by atoms with Crippen LogP contribution in [0.15, 0.2) is 36.4 Å². The minimum atomic E-state index is 0.102. The number of thiocarbonyl (C=S) groups is 1. The van der Waals surface area contributed by atoms with Gasteiger partial charge in [0.2, 0.25) is 5.95 Å². The van der Waals surface area contributed by atoms with Crippen LogP contribution in [0.2, 0.25) is 0 Å². The normalized spacial score (nSPS) is 20.7. The molecule has 2 aliphatic rings. The van der Waals surface area contributed by atoms with Crippen molar-refractivity contribution in [2.45, 2.75) is 52.5 Å². The Balaban J connectivity index is 1.52. The van der Waals surface area contributed by atoms with Gasteiger partial charge in [-0.3, -0.25) is 0 Å². The van der Waals surface area contributed by atoms with E-state index in [1.807, 2.05) is 18.2 Å². The molecule has 0 bridgehead atoms. The summed E-state index contributed by atoms with van der Waals surface area (Å²) in [5.74, 6) is 4.04. The fraction of sp³-hybridized carbons (Fsp3) is 0.560. The number of piperidine rings is 2. The van der Waals surface area contributed by atoms with E-state index in [1.54, 1.807) is 0 Å². The Bertz CT molecular complexity index is 897. The number of aromatic nitrogens is 2. The van der Waals surface area contributed by atoms with Crippen LogP contribution in [0.25, 0.3) is 0 Å². The van der Waals surface area contributed by atoms with Crippen molar-refractivity contribution in [3.8, 4) is 0 Å². The summed E-state index contributed by atoms with van der Waals surface area (Å²) in [7, 11) is 0. The molecule has 2 N–H and O–H groups in total. The van der Waals surface area contributed by atoms with Crippen molar-refractivity contribution >= 4 is 34.9 Å². The highest BCUT2D eigenvalue weighted by Gasteiger charge is 2.23. The highest BCUT2D eigenvalue weighted by molar-refractivity contribution is 7.80. The molecule has 0 amide bonds. The van der Waals surface area contributed by atoms with E-state index in [1.165, 1.54) is 31.2 Å². The Labute approximate surface area is 197 Å². The van der Waals surface area contributed by atoms with Gasteiger partial charge in [0.1, 0.15) is 11.6 Å². The highest BCUT2D eigenvalue weighted by atomic mass is 32.1. The van der Waals surface area contributed by atoms with Crippen LogP contribution in [0.3, 0.4) is 0 Å². The summed E-state index contributed by atoms with van der Waals surface area (Å²) < 4.78 is 0. The predicted molar refractivity (Wildman–Crippen MR) is 137 cm³/mol. The molecule has 2 aliphatic heterocycles.